The average molecular weight is 381 g/mol. The maximum atomic E-state index is 6.41. The summed E-state index contributed by atoms with van der Waals surface area (Å²) in [6, 6.07) is 7.52. The predicted octanol–water partition coefficient (Wildman–Crippen LogP) is 4.25. The van der Waals surface area contributed by atoms with Crippen molar-refractivity contribution in [3.63, 3.8) is 0 Å². The van der Waals surface area contributed by atoms with E-state index in [1.54, 1.807) is 25.8 Å². The molecule has 1 unspecified atom stereocenters. The van der Waals surface area contributed by atoms with Crippen LogP contribution in [0.5, 0.6) is 5.75 Å². The molecule has 4 aromatic rings. The number of H-pyrrole nitrogens is 1. The van der Waals surface area contributed by atoms with Crippen LogP contribution in [-0.2, 0) is 0 Å². The Kier molecular flexibility index (Phi) is 4.60. The number of ether oxygens (including phenoxy) is 1. The molecule has 1 aromatic carbocycles. The normalized spacial score (nSPS) is 12.1. The van der Waals surface area contributed by atoms with Crippen LogP contribution in [0.3, 0.4) is 0 Å². The van der Waals surface area contributed by atoms with Crippen molar-refractivity contribution in [1.29, 1.82) is 0 Å². The number of rotatable bonds is 5. The number of benzene rings is 1. The summed E-state index contributed by atoms with van der Waals surface area (Å²) in [6.07, 6.45) is 6.56. The number of halogens is 1. The minimum Gasteiger partial charge on any atom is -0.496 e. The molecule has 0 saturated carbocycles. The second-order valence-corrected chi connectivity index (χ2v) is 6.44. The summed E-state index contributed by atoms with van der Waals surface area (Å²) in [6.45, 7) is 2.02. The topological polar surface area (TPSA) is 88.6 Å². The first-order valence-corrected chi connectivity index (χ1v) is 8.73. The zero-order chi connectivity index (χ0) is 18.8. The maximum Gasteiger partial charge on any atom is 0.182 e. The molecular formula is C19H17ClN6O. The van der Waals surface area contributed by atoms with Crippen LogP contribution in [0.25, 0.3) is 22.3 Å². The third-order valence-corrected chi connectivity index (χ3v) is 4.54. The van der Waals surface area contributed by atoms with Gasteiger partial charge in [0, 0.05) is 28.5 Å². The lowest BCUT2D eigenvalue weighted by Gasteiger charge is -2.21. The van der Waals surface area contributed by atoms with Gasteiger partial charge in [-0.2, -0.15) is 0 Å². The number of pyridine rings is 1. The third-order valence-electron chi connectivity index (χ3n) is 4.32. The Morgan fingerprint density at radius 2 is 1.96 bits per heavy atom. The van der Waals surface area contributed by atoms with Gasteiger partial charge in [-0.15, -0.1) is 0 Å². The highest BCUT2D eigenvalue weighted by Gasteiger charge is 2.19. The van der Waals surface area contributed by atoms with E-state index in [2.05, 4.69) is 30.2 Å². The molecule has 0 aliphatic rings. The largest absolute Gasteiger partial charge is 0.496 e. The fourth-order valence-corrected chi connectivity index (χ4v) is 3.29. The second-order valence-electron chi connectivity index (χ2n) is 6.00. The van der Waals surface area contributed by atoms with Gasteiger partial charge in [-0.1, -0.05) is 11.6 Å². The van der Waals surface area contributed by atoms with Crippen molar-refractivity contribution in [3.8, 4) is 16.9 Å². The van der Waals surface area contributed by atoms with Crippen molar-refractivity contribution >= 4 is 28.6 Å². The SMILES string of the molecule is COc1c(-c2ccncc2)cc(Cl)cc1C(C)Nc1ncnc2nc[nH]c12. The predicted molar refractivity (Wildman–Crippen MR) is 105 cm³/mol. The van der Waals surface area contributed by atoms with Crippen LogP contribution >= 0.6 is 11.6 Å². The van der Waals surface area contributed by atoms with Crippen LogP contribution in [0.15, 0.2) is 49.3 Å². The molecule has 7 nitrogen and oxygen atoms in total. The van der Waals surface area contributed by atoms with E-state index in [1.165, 1.54) is 6.33 Å². The van der Waals surface area contributed by atoms with E-state index in [-0.39, 0.29) is 6.04 Å². The fourth-order valence-electron chi connectivity index (χ4n) is 3.07. The van der Waals surface area contributed by atoms with Gasteiger partial charge >= 0.3 is 0 Å². The van der Waals surface area contributed by atoms with Crippen LogP contribution in [0.2, 0.25) is 5.02 Å². The zero-order valence-electron chi connectivity index (χ0n) is 14.8. The highest BCUT2D eigenvalue weighted by Crippen LogP contribution is 2.39. The van der Waals surface area contributed by atoms with Gasteiger partial charge in [0.1, 0.15) is 17.6 Å². The number of aromatic nitrogens is 5. The molecule has 2 N–H and O–H groups in total. The van der Waals surface area contributed by atoms with Crippen LogP contribution < -0.4 is 10.1 Å². The van der Waals surface area contributed by atoms with Gasteiger partial charge in [-0.3, -0.25) is 4.98 Å². The standard InChI is InChI=1S/C19H17ClN6O/c1-11(26-19-16-18(23-9-22-16)24-10-25-19)14-7-13(20)8-15(17(14)27-2)12-3-5-21-6-4-12/h3-11H,1-2H3,(H2,22,23,24,25,26). The molecule has 4 rings (SSSR count). The number of nitrogens with zero attached hydrogens (tertiary/aromatic N) is 4. The fraction of sp³-hybridized carbons (Fsp3) is 0.158. The Bertz CT molecular complexity index is 1080. The number of aromatic amines is 1. The summed E-state index contributed by atoms with van der Waals surface area (Å²) in [5.74, 6) is 1.41. The number of nitrogens with one attached hydrogen (secondary N) is 2. The molecular weight excluding hydrogens is 364 g/mol. The summed E-state index contributed by atoms with van der Waals surface area (Å²) in [5, 5.41) is 4.02. The molecule has 1 atom stereocenters. The molecule has 8 heteroatoms. The lowest BCUT2D eigenvalue weighted by Crippen LogP contribution is -2.10. The first kappa shape index (κ1) is 17.2. The highest BCUT2D eigenvalue weighted by atomic mass is 35.5. The maximum absolute atomic E-state index is 6.41. The van der Waals surface area contributed by atoms with Crippen LogP contribution in [0.1, 0.15) is 18.5 Å². The van der Waals surface area contributed by atoms with E-state index >= 15 is 0 Å². The Morgan fingerprint density at radius 3 is 2.74 bits per heavy atom. The first-order valence-electron chi connectivity index (χ1n) is 8.36. The highest BCUT2D eigenvalue weighted by molar-refractivity contribution is 6.31. The number of hydrogen-bond donors (Lipinski definition) is 2. The van der Waals surface area contributed by atoms with E-state index in [4.69, 9.17) is 16.3 Å². The average Bonchev–Trinajstić information content (AvgIpc) is 3.18. The second kappa shape index (κ2) is 7.20. The molecule has 0 saturated heterocycles. The Hall–Kier alpha value is -3.19. The first-order chi connectivity index (χ1) is 13.2. The van der Waals surface area contributed by atoms with Crippen molar-refractivity contribution in [1.82, 2.24) is 24.9 Å². The van der Waals surface area contributed by atoms with Crippen LogP contribution in [0.4, 0.5) is 5.82 Å². The van der Waals surface area contributed by atoms with E-state index in [1.807, 2.05) is 31.2 Å². The molecule has 0 bridgehead atoms. The lowest BCUT2D eigenvalue weighted by molar-refractivity contribution is 0.409. The molecule has 0 aliphatic carbocycles. The number of fused-ring (bicyclic) bond motifs is 1. The van der Waals surface area contributed by atoms with Gasteiger partial charge in [-0.05, 0) is 36.8 Å². The molecule has 3 aromatic heterocycles. The molecule has 0 fully saturated rings. The molecule has 3 heterocycles. The number of imidazole rings is 1. The van der Waals surface area contributed by atoms with Gasteiger partial charge in [-0.25, -0.2) is 15.0 Å². The quantitative estimate of drug-likeness (QED) is 0.538. The number of anilines is 1. The van der Waals surface area contributed by atoms with Gasteiger partial charge in [0.05, 0.1) is 19.5 Å². The summed E-state index contributed by atoms with van der Waals surface area (Å²) in [7, 11) is 1.65. The van der Waals surface area contributed by atoms with Gasteiger partial charge < -0.3 is 15.0 Å². The van der Waals surface area contributed by atoms with E-state index in [0.717, 1.165) is 28.0 Å². The third kappa shape index (κ3) is 3.29. The van der Waals surface area contributed by atoms with Gasteiger partial charge in [0.25, 0.3) is 0 Å². The Balaban J connectivity index is 1.76. The summed E-state index contributed by atoms with van der Waals surface area (Å²) in [4.78, 5) is 19.8. The molecule has 0 amide bonds. The number of methoxy groups -OCH3 is 1. The Morgan fingerprint density at radius 1 is 1.15 bits per heavy atom. The summed E-state index contributed by atoms with van der Waals surface area (Å²) < 4.78 is 5.75. The van der Waals surface area contributed by atoms with E-state index in [9.17, 15) is 0 Å². The number of hydrogen-bond acceptors (Lipinski definition) is 6. The molecule has 27 heavy (non-hydrogen) atoms. The molecule has 0 spiro atoms. The van der Waals surface area contributed by atoms with Crippen molar-refractivity contribution < 1.29 is 4.74 Å². The van der Waals surface area contributed by atoms with Crippen LogP contribution in [0, 0.1) is 0 Å². The van der Waals surface area contributed by atoms with Crippen molar-refractivity contribution in [3.05, 3.63) is 59.9 Å². The smallest absolute Gasteiger partial charge is 0.182 e. The molecule has 0 aliphatic heterocycles. The van der Waals surface area contributed by atoms with Crippen LogP contribution in [-0.4, -0.2) is 32.0 Å². The van der Waals surface area contributed by atoms with E-state index < -0.39 is 0 Å². The molecule has 0 radical (unpaired) electrons. The zero-order valence-corrected chi connectivity index (χ0v) is 15.5. The minimum atomic E-state index is -0.124. The lowest BCUT2D eigenvalue weighted by atomic mass is 9.98. The van der Waals surface area contributed by atoms with Crippen molar-refractivity contribution in [2.75, 3.05) is 12.4 Å². The summed E-state index contributed by atoms with van der Waals surface area (Å²) in [5.41, 5.74) is 4.17. The monoisotopic (exact) mass is 380 g/mol. The van der Waals surface area contributed by atoms with Gasteiger partial charge in [0.2, 0.25) is 0 Å². The van der Waals surface area contributed by atoms with Gasteiger partial charge in [0.15, 0.2) is 11.5 Å². The van der Waals surface area contributed by atoms with Crippen molar-refractivity contribution in [2.45, 2.75) is 13.0 Å². The van der Waals surface area contributed by atoms with E-state index in [0.29, 0.717) is 16.5 Å². The van der Waals surface area contributed by atoms with Crippen molar-refractivity contribution in [2.24, 2.45) is 0 Å². The molecule has 136 valence electrons. The minimum absolute atomic E-state index is 0.124. The Labute approximate surface area is 160 Å². The summed E-state index contributed by atoms with van der Waals surface area (Å²) >= 11 is 6.41.